The van der Waals surface area contributed by atoms with Gasteiger partial charge in [0.25, 0.3) is 0 Å². The number of hydrogen-bond acceptors (Lipinski definition) is 3. The van der Waals surface area contributed by atoms with Crippen LogP contribution in [-0.2, 0) is 0 Å². The number of terminal acetylenes is 1. The molecular formula is C19H15BrO3. The summed E-state index contributed by atoms with van der Waals surface area (Å²) in [5.74, 6) is 3.66. The van der Waals surface area contributed by atoms with Crippen LogP contribution in [-0.4, -0.2) is 19.5 Å². The zero-order chi connectivity index (χ0) is 16.7. The predicted octanol–water partition coefficient (Wildman–Crippen LogP) is 4.37. The second-order valence-electron chi connectivity index (χ2n) is 4.60. The van der Waals surface area contributed by atoms with Crippen LogP contribution in [0.5, 0.6) is 11.5 Å². The molecule has 4 heteroatoms. The predicted molar refractivity (Wildman–Crippen MR) is 94.8 cm³/mol. The van der Waals surface area contributed by atoms with E-state index in [-0.39, 0.29) is 12.4 Å². The summed E-state index contributed by atoms with van der Waals surface area (Å²) < 4.78 is 11.4. The number of ether oxygens (including phenoxy) is 2. The molecule has 0 spiro atoms. The van der Waals surface area contributed by atoms with E-state index in [1.807, 2.05) is 12.1 Å². The monoisotopic (exact) mass is 370 g/mol. The molecule has 0 saturated carbocycles. The van der Waals surface area contributed by atoms with Crippen molar-refractivity contribution in [3.05, 3.63) is 64.1 Å². The molecule has 23 heavy (non-hydrogen) atoms. The number of carbonyl (C=O) groups is 1. The van der Waals surface area contributed by atoms with Gasteiger partial charge >= 0.3 is 0 Å². The van der Waals surface area contributed by atoms with Crippen molar-refractivity contribution in [3.8, 4) is 23.8 Å². The van der Waals surface area contributed by atoms with Crippen LogP contribution in [0.1, 0.15) is 15.9 Å². The van der Waals surface area contributed by atoms with E-state index in [4.69, 9.17) is 15.9 Å². The minimum absolute atomic E-state index is 0.101. The Hall–Kier alpha value is -2.51. The van der Waals surface area contributed by atoms with Crippen molar-refractivity contribution in [3.63, 3.8) is 0 Å². The molecule has 0 aromatic heterocycles. The largest absolute Gasteiger partial charge is 0.497 e. The van der Waals surface area contributed by atoms with E-state index in [1.54, 1.807) is 43.5 Å². The van der Waals surface area contributed by atoms with Gasteiger partial charge in [-0.05, 0) is 54.6 Å². The highest BCUT2D eigenvalue weighted by Gasteiger charge is 2.05. The normalized spacial score (nSPS) is 10.3. The minimum Gasteiger partial charge on any atom is -0.497 e. The first-order chi connectivity index (χ1) is 11.1. The summed E-state index contributed by atoms with van der Waals surface area (Å²) >= 11 is 3.40. The Bertz CT molecular complexity index is 755. The Labute approximate surface area is 144 Å². The van der Waals surface area contributed by atoms with Gasteiger partial charge < -0.3 is 9.47 Å². The van der Waals surface area contributed by atoms with Crippen LogP contribution in [0.3, 0.4) is 0 Å². The first-order valence-corrected chi connectivity index (χ1v) is 7.65. The highest BCUT2D eigenvalue weighted by atomic mass is 79.9. The van der Waals surface area contributed by atoms with Crippen LogP contribution in [0.2, 0.25) is 0 Å². The Morgan fingerprint density at radius 3 is 2.65 bits per heavy atom. The maximum atomic E-state index is 12.2. The van der Waals surface area contributed by atoms with E-state index >= 15 is 0 Å². The zero-order valence-corrected chi connectivity index (χ0v) is 14.2. The molecule has 2 rings (SSSR count). The molecule has 0 unspecified atom stereocenters. The molecule has 0 N–H and O–H groups in total. The van der Waals surface area contributed by atoms with Gasteiger partial charge in [-0.25, -0.2) is 0 Å². The smallest absolute Gasteiger partial charge is 0.185 e. The van der Waals surface area contributed by atoms with Gasteiger partial charge in [0.15, 0.2) is 5.78 Å². The van der Waals surface area contributed by atoms with Gasteiger partial charge in [0.2, 0.25) is 0 Å². The molecule has 0 saturated heterocycles. The molecule has 0 aliphatic rings. The maximum absolute atomic E-state index is 12.2. The molecule has 0 amide bonds. The molecule has 0 atom stereocenters. The van der Waals surface area contributed by atoms with E-state index in [9.17, 15) is 4.79 Å². The summed E-state index contributed by atoms with van der Waals surface area (Å²) in [5, 5.41) is 0. The highest BCUT2D eigenvalue weighted by Crippen LogP contribution is 2.25. The van der Waals surface area contributed by atoms with Crippen LogP contribution in [0.25, 0.3) is 6.08 Å². The summed E-state index contributed by atoms with van der Waals surface area (Å²) in [6, 6.07) is 12.5. The topological polar surface area (TPSA) is 35.5 Å². The summed E-state index contributed by atoms with van der Waals surface area (Å²) in [6.45, 7) is 0.175. The van der Waals surface area contributed by atoms with Crippen LogP contribution in [0.4, 0.5) is 0 Å². The minimum atomic E-state index is -0.101. The zero-order valence-electron chi connectivity index (χ0n) is 12.6. The lowest BCUT2D eigenvalue weighted by atomic mass is 10.1. The van der Waals surface area contributed by atoms with Crippen LogP contribution in [0.15, 0.2) is 53.0 Å². The average molecular weight is 371 g/mol. The maximum Gasteiger partial charge on any atom is 0.185 e. The quantitative estimate of drug-likeness (QED) is 0.430. The number of halogens is 1. The van der Waals surface area contributed by atoms with Crippen molar-refractivity contribution in [2.75, 3.05) is 13.7 Å². The van der Waals surface area contributed by atoms with Gasteiger partial charge in [0.05, 0.1) is 7.11 Å². The lowest BCUT2D eigenvalue weighted by Gasteiger charge is -2.07. The Kier molecular flexibility index (Phi) is 6.02. The fourth-order valence-electron chi connectivity index (χ4n) is 1.92. The Morgan fingerprint density at radius 1 is 1.26 bits per heavy atom. The SMILES string of the molecule is C#CCOc1ccc(Br)cc1/C=C/C(=O)c1ccc(OC)cc1. The Balaban J connectivity index is 2.19. The lowest BCUT2D eigenvalue weighted by Crippen LogP contribution is -1.97. The van der Waals surface area contributed by atoms with Crippen molar-refractivity contribution in [2.24, 2.45) is 0 Å². The van der Waals surface area contributed by atoms with Crippen molar-refractivity contribution < 1.29 is 14.3 Å². The third kappa shape index (κ3) is 4.73. The van der Waals surface area contributed by atoms with Crippen LogP contribution >= 0.6 is 15.9 Å². The van der Waals surface area contributed by atoms with Gasteiger partial charge in [-0.1, -0.05) is 21.9 Å². The molecule has 0 fully saturated rings. The summed E-state index contributed by atoms with van der Waals surface area (Å²) in [4.78, 5) is 12.2. The molecule has 116 valence electrons. The van der Waals surface area contributed by atoms with E-state index in [0.717, 1.165) is 10.0 Å². The first-order valence-electron chi connectivity index (χ1n) is 6.86. The van der Waals surface area contributed by atoms with Crippen molar-refractivity contribution in [2.45, 2.75) is 0 Å². The number of methoxy groups -OCH3 is 1. The molecule has 0 bridgehead atoms. The molecule has 2 aromatic carbocycles. The van der Waals surface area contributed by atoms with Crippen LogP contribution < -0.4 is 9.47 Å². The summed E-state index contributed by atoms with van der Waals surface area (Å²) in [6.07, 6.45) is 8.43. The molecular weight excluding hydrogens is 356 g/mol. The Morgan fingerprint density at radius 2 is 2.00 bits per heavy atom. The molecule has 3 nitrogen and oxygen atoms in total. The molecule has 0 aliphatic heterocycles. The number of benzene rings is 2. The molecule has 2 aromatic rings. The average Bonchev–Trinajstić information content (AvgIpc) is 2.59. The van der Waals surface area contributed by atoms with E-state index < -0.39 is 0 Å². The number of allylic oxidation sites excluding steroid dienone is 1. The standard InChI is InChI=1S/C19H15BrO3/c1-3-12-23-19-11-7-16(20)13-15(19)6-10-18(21)14-4-8-17(22-2)9-5-14/h1,4-11,13H,12H2,2H3/b10-6+. The number of carbonyl (C=O) groups excluding carboxylic acids is 1. The number of hydrogen-bond donors (Lipinski definition) is 0. The second kappa shape index (κ2) is 8.21. The molecule has 0 heterocycles. The third-order valence-corrected chi connectivity index (χ3v) is 3.56. The van der Waals surface area contributed by atoms with Gasteiger partial charge in [-0.15, -0.1) is 6.42 Å². The number of rotatable bonds is 6. The van der Waals surface area contributed by atoms with Gasteiger partial charge in [0, 0.05) is 15.6 Å². The number of ketones is 1. The fraction of sp³-hybridized carbons (Fsp3) is 0.105. The van der Waals surface area contributed by atoms with Gasteiger partial charge in [-0.3, -0.25) is 4.79 Å². The lowest BCUT2D eigenvalue weighted by molar-refractivity contribution is 0.104. The van der Waals surface area contributed by atoms with Crippen molar-refractivity contribution >= 4 is 27.8 Å². The fourth-order valence-corrected chi connectivity index (χ4v) is 2.30. The van der Waals surface area contributed by atoms with Gasteiger partial charge in [0.1, 0.15) is 18.1 Å². The van der Waals surface area contributed by atoms with Gasteiger partial charge in [-0.2, -0.15) is 0 Å². The third-order valence-electron chi connectivity index (χ3n) is 3.07. The van der Waals surface area contributed by atoms with Crippen molar-refractivity contribution in [1.82, 2.24) is 0 Å². The molecule has 0 aliphatic carbocycles. The molecule has 0 radical (unpaired) electrons. The van der Waals surface area contributed by atoms with E-state index in [2.05, 4.69) is 21.9 Å². The van der Waals surface area contributed by atoms with E-state index in [1.165, 1.54) is 6.08 Å². The second-order valence-corrected chi connectivity index (χ2v) is 5.52. The summed E-state index contributed by atoms with van der Waals surface area (Å²) in [5.41, 5.74) is 1.36. The summed E-state index contributed by atoms with van der Waals surface area (Å²) in [7, 11) is 1.59. The van der Waals surface area contributed by atoms with E-state index in [0.29, 0.717) is 17.1 Å². The van der Waals surface area contributed by atoms with Crippen LogP contribution in [0, 0.1) is 12.3 Å². The van der Waals surface area contributed by atoms with Crippen molar-refractivity contribution in [1.29, 1.82) is 0 Å². The first kappa shape index (κ1) is 16.9. The highest BCUT2D eigenvalue weighted by molar-refractivity contribution is 9.10.